The Labute approximate surface area is 172 Å². The van der Waals surface area contributed by atoms with E-state index in [4.69, 9.17) is 9.47 Å². The number of benzene rings is 1. The van der Waals surface area contributed by atoms with Crippen molar-refractivity contribution in [3.05, 3.63) is 53.9 Å². The molecule has 1 fully saturated rings. The zero-order chi connectivity index (χ0) is 21.0. The van der Waals surface area contributed by atoms with Gasteiger partial charge < -0.3 is 18.9 Å². The molecule has 2 heterocycles. The summed E-state index contributed by atoms with van der Waals surface area (Å²) in [6, 6.07) is 11.7. The van der Waals surface area contributed by atoms with Crippen molar-refractivity contribution in [1.82, 2.24) is 9.47 Å². The Bertz CT molecular complexity index is 858. The van der Waals surface area contributed by atoms with Crippen LogP contribution in [0.4, 0.5) is 0 Å². The highest BCUT2D eigenvalue weighted by Gasteiger charge is 2.26. The topological polar surface area (TPSA) is 60.8 Å². The van der Waals surface area contributed by atoms with Crippen molar-refractivity contribution in [2.75, 3.05) is 26.8 Å². The maximum atomic E-state index is 12.6. The van der Waals surface area contributed by atoms with Crippen LogP contribution < -0.4 is 4.74 Å². The van der Waals surface area contributed by atoms with Crippen LogP contribution in [-0.4, -0.2) is 48.1 Å². The number of carbonyl (C=O) groups excluding carboxylic acids is 2. The summed E-state index contributed by atoms with van der Waals surface area (Å²) in [4.78, 5) is 26.3. The number of rotatable bonds is 5. The van der Waals surface area contributed by atoms with Crippen molar-refractivity contribution in [3.8, 4) is 5.75 Å². The van der Waals surface area contributed by atoms with Crippen molar-refractivity contribution in [1.29, 1.82) is 0 Å². The number of esters is 1. The Balaban J connectivity index is 1.53. The minimum absolute atomic E-state index is 0.00897. The molecule has 1 saturated heterocycles. The molecule has 0 spiro atoms. The van der Waals surface area contributed by atoms with E-state index in [9.17, 15) is 9.59 Å². The minimum Gasteiger partial charge on any atom is -0.484 e. The van der Waals surface area contributed by atoms with Gasteiger partial charge in [-0.05, 0) is 48.1 Å². The molecule has 1 aromatic carbocycles. The smallest absolute Gasteiger partial charge is 0.354 e. The normalized spacial score (nSPS) is 15.2. The maximum absolute atomic E-state index is 12.6. The van der Waals surface area contributed by atoms with E-state index >= 15 is 0 Å². The molecule has 1 aliphatic rings. The molecule has 0 aliphatic carbocycles. The molecular weight excluding hydrogens is 368 g/mol. The van der Waals surface area contributed by atoms with Gasteiger partial charge in [0.25, 0.3) is 5.91 Å². The number of hydrogen-bond acceptors (Lipinski definition) is 4. The average Bonchev–Trinajstić information content (AvgIpc) is 3.21. The van der Waals surface area contributed by atoms with Crippen LogP contribution in [0.15, 0.2) is 42.6 Å². The molecule has 3 rings (SSSR count). The molecule has 2 aromatic rings. The molecule has 6 heteroatoms. The minimum atomic E-state index is -0.334. The summed E-state index contributed by atoms with van der Waals surface area (Å²) in [5.41, 5.74) is 1.77. The summed E-state index contributed by atoms with van der Waals surface area (Å²) in [6.45, 7) is 7.78. The van der Waals surface area contributed by atoms with Gasteiger partial charge in [-0.3, -0.25) is 4.79 Å². The number of likely N-dealkylation sites (tertiary alicyclic amines) is 1. The molecule has 0 unspecified atom stereocenters. The van der Waals surface area contributed by atoms with Crippen molar-refractivity contribution in [2.45, 2.75) is 45.1 Å². The molecule has 6 nitrogen and oxygen atoms in total. The molecule has 0 bridgehead atoms. The predicted molar refractivity (Wildman–Crippen MR) is 111 cm³/mol. The first-order valence-corrected chi connectivity index (χ1v) is 10.1. The number of methoxy groups -OCH3 is 1. The number of nitrogens with zero attached hydrogens (tertiary/aromatic N) is 2. The summed E-state index contributed by atoms with van der Waals surface area (Å²) in [7, 11) is 1.39. The Morgan fingerprint density at radius 1 is 1.10 bits per heavy atom. The van der Waals surface area contributed by atoms with Crippen LogP contribution in [-0.2, 0) is 14.9 Å². The van der Waals surface area contributed by atoms with Crippen LogP contribution >= 0.6 is 0 Å². The SMILES string of the molecule is COC(=O)c1cccn1C1CCN(C(=O)COc2cccc(C(C)(C)C)c2)CC1. The fourth-order valence-corrected chi connectivity index (χ4v) is 3.67. The number of amides is 1. The van der Waals surface area contributed by atoms with Gasteiger partial charge in [-0.1, -0.05) is 32.9 Å². The molecule has 0 radical (unpaired) electrons. The van der Waals surface area contributed by atoms with E-state index in [1.54, 1.807) is 6.07 Å². The Morgan fingerprint density at radius 3 is 2.48 bits per heavy atom. The second-order valence-electron chi connectivity index (χ2n) is 8.47. The van der Waals surface area contributed by atoms with Gasteiger partial charge in [0.1, 0.15) is 11.4 Å². The second-order valence-corrected chi connectivity index (χ2v) is 8.47. The Hall–Kier alpha value is -2.76. The molecule has 0 saturated carbocycles. The maximum Gasteiger partial charge on any atom is 0.354 e. The van der Waals surface area contributed by atoms with E-state index in [1.807, 2.05) is 39.9 Å². The lowest BCUT2D eigenvalue weighted by Crippen LogP contribution is -2.41. The Kier molecular flexibility index (Phi) is 6.30. The van der Waals surface area contributed by atoms with Crippen molar-refractivity contribution >= 4 is 11.9 Å². The lowest BCUT2D eigenvalue weighted by Gasteiger charge is -2.33. The van der Waals surface area contributed by atoms with Crippen LogP contribution in [0.25, 0.3) is 0 Å². The van der Waals surface area contributed by atoms with Gasteiger partial charge in [0.2, 0.25) is 0 Å². The van der Waals surface area contributed by atoms with Crippen LogP contribution in [0.1, 0.15) is 55.7 Å². The van der Waals surface area contributed by atoms with Gasteiger partial charge in [-0.2, -0.15) is 0 Å². The fraction of sp³-hybridized carbons (Fsp3) is 0.478. The van der Waals surface area contributed by atoms with Crippen LogP contribution in [0.5, 0.6) is 5.75 Å². The molecule has 156 valence electrons. The molecule has 1 aromatic heterocycles. The summed E-state index contributed by atoms with van der Waals surface area (Å²) >= 11 is 0. The third-order valence-corrected chi connectivity index (χ3v) is 5.45. The fourth-order valence-electron chi connectivity index (χ4n) is 3.67. The van der Waals surface area contributed by atoms with E-state index in [0.717, 1.165) is 18.6 Å². The first-order chi connectivity index (χ1) is 13.8. The zero-order valence-corrected chi connectivity index (χ0v) is 17.7. The van der Waals surface area contributed by atoms with Gasteiger partial charge in [0, 0.05) is 25.3 Å². The van der Waals surface area contributed by atoms with E-state index in [0.29, 0.717) is 18.8 Å². The highest BCUT2D eigenvalue weighted by molar-refractivity contribution is 5.87. The number of ether oxygens (including phenoxy) is 2. The zero-order valence-electron chi connectivity index (χ0n) is 17.7. The van der Waals surface area contributed by atoms with Gasteiger partial charge in [-0.15, -0.1) is 0 Å². The summed E-state index contributed by atoms with van der Waals surface area (Å²) in [5, 5.41) is 0. The molecule has 0 atom stereocenters. The number of piperidine rings is 1. The molecular formula is C23H30N2O4. The number of aromatic nitrogens is 1. The van der Waals surface area contributed by atoms with Gasteiger partial charge in [0.15, 0.2) is 6.61 Å². The van der Waals surface area contributed by atoms with Crippen LogP contribution in [0, 0.1) is 0 Å². The lowest BCUT2D eigenvalue weighted by atomic mass is 9.87. The van der Waals surface area contributed by atoms with E-state index in [2.05, 4.69) is 26.8 Å². The monoisotopic (exact) mass is 398 g/mol. The number of hydrogen-bond donors (Lipinski definition) is 0. The summed E-state index contributed by atoms with van der Waals surface area (Å²) in [6.07, 6.45) is 3.49. The first kappa shape index (κ1) is 21.0. The van der Waals surface area contributed by atoms with Crippen molar-refractivity contribution in [2.24, 2.45) is 0 Å². The predicted octanol–water partition coefficient (Wildman–Crippen LogP) is 3.81. The summed E-state index contributed by atoms with van der Waals surface area (Å²) in [5.74, 6) is 0.375. The third-order valence-electron chi connectivity index (χ3n) is 5.45. The van der Waals surface area contributed by atoms with Gasteiger partial charge >= 0.3 is 5.97 Å². The van der Waals surface area contributed by atoms with Crippen molar-refractivity contribution < 1.29 is 19.1 Å². The average molecular weight is 399 g/mol. The second kappa shape index (κ2) is 8.72. The molecule has 0 N–H and O–H groups in total. The summed E-state index contributed by atoms with van der Waals surface area (Å²) < 4.78 is 12.6. The van der Waals surface area contributed by atoms with Gasteiger partial charge in [-0.25, -0.2) is 4.79 Å². The number of carbonyl (C=O) groups is 2. The molecule has 29 heavy (non-hydrogen) atoms. The van der Waals surface area contributed by atoms with Crippen LogP contribution in [0.2, 0.25) is 0 Å². The Morgan fingerprint density at radius 2 is 1.83 bits per heavy atom. The largest absolute Gasteiger partial charge is 0.484 e. The highest BCUT2D eigenvalue weighted by atomic mass is 16.5. The van der Waals surface area contributed by atoms with E-state index in [-0.39, 0.29) is 29.9 Å². The quantitative estimate of drug-likeness (QED) is 0.719. The molecule has 1 aliphatic heterocycles. The lowest BCUT2D eigenvalue weighted by molar-refractivity contribution is -0.134. The van der Waals surface area contributed by atoms with E-state index < -0.39 is 0 Å². The standard InChI is InChI=1S/C23H30N2O4/c1-23(2,3)17-7-5-8-19(15-17)29-16-21(26)24-13-10-18(11-14-24)25-12-6-9-20(25)22(27)28-4/h5-9,12,15,18H,10-11,13-14,16H2,1-4H3. The van der Waals surface area contributed by atoms with Crippen molar-refractivity contribution in [3.63, 3.8) is 0 Å². The van der Waals surface area contributed by atoms with Crippen LogP contribution in [0.3, 0.4) is 0 Å². The highest BCUT2D eigenvalue weighted by Crippen LogP contribution is 2.27. The van der Waals surface area contributed by atoms with Gasteiger partial charge in [0.05, 0.1) is 7.11 Å². The third kappa shape index (κ3) is 5.00. The molecule has 1 amide bonds. The first-order valence-electron chi connectivity index (χ1n) is 10.1. The van der Waals surface area contributed by atoms with E-state index in [1.165, 1.54) is 12.7 Å².